The molecule has 1 N–H and O–H groups in total. The topological polar surface area (TPSA) is 80.9 Å². The van der Waals surface area contributed by atoms with E-state index in [-0.39, 0.29) is 13.0 Å². The zero-order valence-corrected chi connectivity index (χ0v) is 10.3. The molecule has 88 valence electrons. The minimum atomic E-state index is -0.873. The first-order valence-electron chi connectivity index (χ1n) is 4.91. The van der Waals surface area contributed by atoms with Gasteiger partial charge in [0.05, 0.1) is 13.0 Å². The van der Waals surface area contributed by atoms with Gasteiger partial charge in [0.25, 0.3) is 0 Å². The van der Waals surface area contributed by atoms with E-state index >= 15 is 0 Å². The molecular weight excluding hydrogens is 288 g/mol. The molecule has 2 aromatic rings. The van der Waals surface area contributed by atoms with Crippen molar-refractivity contribution in [1.82, 2.24) is 20.2 Å². The smallest absolute Gasteiger partial charge is 0.305 e. The Morgan fingerprint density at radius 2 is 2.06 bits per heavy atom. The number of carboxylic acids is 1. The summed E-state index contributed by atoms with van der Waals surface area (Å²) in [7, 11) is 0. The van der Waals surface area contributed by atoms with E-state index in [1.807, 2.05) is 24.3 Å². The van der Waals surface area contributed by atoms with Gasteiger partial charge in [-0.3, -0.25) is 4.79 Å². The van der Waals surface area contributed by atoms with Gasteiger partial charge in [-0.05, 0) is 22.6 Å². The molecule has 1 aromatic carbocycles. The molecule has 0 saturated heterocycles. The number of carbonyl (C=O) groups is 1. The lowest BCUT2D eigenvalue weighted by molar-refractivity contribution is -0.137. The van der Waals surface area contributed by atoms with E-state index in [0.29, 0.717) is 5.82 Å². The van der Waals surface area contributed by atoms with Crippen LogP contribution in [0.25, 0.3) is 11.4 Å². The van der Waals surface area contributed by atoms with E-state index in [1.54, 1.807) is 0 Å². The second-order valence-corrected chi connectivity index (χ2v) is 4.29. The summed E-state index contributed by atoms with van der Waals surface area (Å²) in [4.78, 5) is 10.5. The third-order valence-corrected chi connectivity index (χ3v) is 2.70. The molecule has 0 radical (unpaired) electrons. The highest BCUT2D eigenvalue weighted by Gasteiger charge is 2.09. The third kappa shape index (κ3) is 2.88. The highest BCUT2D eigenvalue weighted by Crippen LogP contribution is 2.19. The van der Waals surface area contributed by atoms with Gasteiger partial charge in [0.1, 0.15) is 0 Å². The number of halogens is 1. The molecule has 0 spiro atoms. The number of tetrazole rings is 1. The molecule has 0 bridgehead atoms. The fourth-order valence-electron chi connectivity index (χ4n) is 1.36. The van der Waals surface area contributed by atoms with E-state index in [9.17, 15) is 4.79 Å². The van der Waals surface area contributed by atoms with Crippen LogP contribution in [-0.4, -0.2) is 31.3 Å². The van der Waals surface area contributed by atoms with Crippen LogP contribution in [0.1, 0.15) is 6.42 Å². The van der Waals surface area contributed by atoms with Crippen LogP contribution in [0.15, 0.2) is 28.7 Å². The number of hydrogen-bond donors (Lipinski definition) is 1. The Labute approximate surface area is 105 Å². The predicted octanol–water partition coefficient (Wildman–Crippen LogP) is 1.58. The lowest BCUT2D eigenvalue weighted by Crippen LogP contribution is -2.07. The molecule has 17 heavy (non-hydrogen) atoms. The second-order valence-electron chi connectivity index (χ2n) is 3.38. The molecule has 0 fully saturated rings. The molecule has 6 nitrogen and oxygen atoms in total. The van der Waals surface area contributed by atoms with Crippen LogP contribution in [0, 0.1) is 0 Å². The summed E-state index contributed by atoms with van der Waals surface area (Å²) >= 11 is 3.34. The van der Waals surface area contributed by atoms with Crippen molar-refractivity contribution in [1.29, 1.82) is 0 Å². The van der Waals surface area contributed by atoms with Crippen LogP contribution in [0.2, 0.25) is 0 Å². The maximum Gasteiger partial charge on any atom is 0.305 e. The molecule has 0 amide bonds. The van der Waals surface area contributed by atoms with E-state index in [0.717, 1.165) is 10.0 Å². The van der Waals surface area contributed by atoms with E-state index in [4.69, 9.17) is 5.11 Å². The molecule has 1 aromatic heterocycles. The van der Waals surface area contributed by atoms with Crippen LogP contribution < -0.4 is 0 Å². The van der Waals surface area contributed by atoms with Crippen molar-refractivity contribution in [3.8, 4) is 11.4 Å². The Morgan fingerprint density at radius 3 is 2.71 bits per heavy atom. The Morgan fingerprint density at radius 1 is 1.35 bits per heavy atom. The summed E-state index contributed by atoms with van der Waals surface area (Å²) in [5.41, 5.74) is 0.851. The van der Waals surface area contributed by atoms with Crippen LogP contribution in [0.4, 0.5) is 0 Å². The number of hydrogen-bond acceptors (Lipinski definition) is 4. The summed E-state index contributed by atoms with van der Waals surface area (Å²) in [6.07, 6.45) is -0.00539. The summed E-state index contributed by atoms with van der Waals surface area (Å²) in [6.45, 7) is 0.258. The lowest BCUT2D eigenvalue weighted by atomic mass is 10.2. The molecule has 0 saturated carbocycles. The lowest BCUT2D eigenvalue weighted by Gasteiger charge is -2.02. The molecular formula is C10H9BrN4O2. The van der Waals surface area contributed by atoms with Crippen molar-refractivity contribution in [2.24, 2.45) is 0 Å². The summed E-state index contributed by atoms with van der Waals surface area (Å²) in [6, 6.07) is 7.50. The van der Waals surface area contributed by atoms with E-state index in [1.165, 1.54) is 4.68 Å². The highest BCUT2D eigenvalue weighted by molar-refractivity contribution is 9.10. The van der Waals surface area contributed by atoms with E-state index < -0.39 is 5.97 Å². The average Bonchev–Trinajstić information content (AvgIpc) is 2.75. The predicted molar refractivity (Wildman–Crippen MR) is 63.2 cm³/mol. The first-order valence-corrected chi connectivity index (χ1v) is 5.70. The number of nitrogens with zero attached hydrogens (tertiary/aromatic N) is 4. The van der Waals surface area contributed by atoms with Gasteiger partial charge in [0, 0.05) is 10.0 Å². The Kier molecular flexibility index (Phi) is 3.48. The van der Waals surface area contributed by atoms with Crippen molar-refractivity contribution in [3.63, 3.8) is 0 Å². The molecule has 7 heteroatoms. The maximum absolute atomic E-state index is 10.5. The van der Waals surface area contributed by atoms with Crippen LogP contribution in [0.3, 0.4) is 0 Å². The van der Waals surface area contributed by atoms with Gasteiger partial charge in [-0.15, -0.1) is 5.10 Å². The van der Waals surface area contributed by atoms with Crippen LogP contribution in [-0.2, 0) is 11.3 Å². The van der Waals surface area contributed by atoms with Gasteiger partial charge in [0.2, 0.25) is 0 Å². The molecule has 0 unspecified atom stereocenters. The van der Waals surface area contributed by atoms with Gasteiger partial charge < -0.3 is 5.11 Å². The molecule has 0 aliphatic heterocycles. The molecule has 2 rings (SSSR count). The molecule has 1 heterocycles. The fourth-order valence-corrected chi connectivity index (χ4v) is 1.63. The minimum Gasteiger partial charge on any atom is -0.481 e. The van der Waals surface area contributed by atoms with Crippen molar-refractivity contribution in [2.75, 3.05) is 0 Å². The summed E-state index contributed by atoms with van der Waals surface area (Å²) in [5, 5.41) is 19.8. The van der Waals surface area contributed by atoms with Crippen molar-refractivity contribution in [2.45, 2.75) is 13.0 Å². The zero-order chi connectivity index (χ0) is 12.3. The normalized spacial score (nSPS) is 10.4. The Balaban J connectivity index is 2.24. The first kappa shape index (κ1) is 11.7. The molecule has 0 aliphatic carbocycles. The minimum absolute atomic E-state index is 0.00539. The number of aliphatic carboxylic acids is 1. The SMILES string of the molecule is O=C(O)CCn1nnnc1-c1ccc(Br)cc1. The van der Waals surface area contributed by atoms with E-state index in [2.05, 4.69) is 31.5 Å². The average molecular weight is 297 g/mol. The van der Waals surface area contributed by atoms with Crippen molar-refractivity contribution >= 4 is 21.9 Å². The first-order chi connectivity index (χ1) is 8.16. The maximum atomic E-state index is 10.5. The monoisotopic (exact) mass is 296 g/mol. The standard InChI is InChI=1S/C10H9BrN4O2/c11-8-3-1-7(2-4-8)10-12-13-14-15(10)6-5-9(16)17/h1-4H,5-6H2,(H,16,17). The number of benzene rings is 1. The van der Waals surface area contributed by atoms with Gasteiger partial charge in [-0.2, -0.15) is 0 Å². The highest BCUT2D eigenvalue weighted by atomic mass is 79.9. The Bertz CT molecular complexity index is 523. The largest absolute Gasteiger partial charge is 0.481 e. The molecule has 0 atom stereocenters. The summed E-state index contributed by atoms with van der Waals surface area (Å²) in [5.74, 6) is -0.305. The van der Waals surface area contributed by atoms with Gasteiger partial charge in [-0.25, -0.2) is 4.68 Å². The number of aryl methyl sites for hydroxylation is 1. The van der Waals surface area contributed by atoms with Gasteiger partial charge in [-0.1, -0.05) is 28.1 Å². The zero-order valence-electron chi connectivity index (χ0n) is 8.75. The Hall–Kier alpha value is -1.76. The van der Waals surface area contributed by atoms with Gasteiger partial charge in [0.15, 0.2) is 5.82 Å². The number of rotatable bonds is 4. The van der Waals surface area contributed by atoms with Crippen LogP contribution in [0.5, 0.6) is 0 Å². The van der Waals surface area contributed by atoms with Crippen molar-refractivity contribution < 1.29 is 9.90 Å². The second kappa shape index (κ2) is 5.05. The fraction of sp³-hybridized carbons (Fsp3) is 0.200. The van der Waals surface area contributed by atoms with Gasteiger partial charge >= 0.3 is 5.97 Å². The third-order valence-electron chi connectivity index (χ3n) is 2.17. The summed E-state index contributed by atoms with van der Waals surface area (Å²) < 4.78 is 2.45. The number of aromatic nitrogens is 4. The number of carboxylic acid groups (broad SMARTS) is 1. The molecule has 0 aliphatic rings. The van der Waals surface area contributed by atoms with Crippen LogP contribution >= 0.6 is 15.9 Å². The quantitative estimate of drug-likeness (QED) is 0.926. The van der Waals surface area contributed by atoms with Crippen molar-refractivity contribution in [3.05, 3.63) is 28.7 Å².